The second-order valence-electron chi connectivity index (χ2n) is 8.31. The Morgan fingerprint density at radius 1 is 1.13 bits per heavy atom. The van der Waals surface area contributed by atoms with Crippen LogP contribution in [0.3, 0.4) is 0 Å². The molecule has 150 valence electrons. The van der Waals surface area contributed by atoms with Crippen LogP contribution in [-0.4, -0.2) is 39.8 Å². The molecule has 0 unspecified atom stereocenters. The van der Waals surface area contributed by atoms with Crippen LogP contribution < -0.4 is 0 Å². The topological polar surface area (TPSA) is 72.4 Å². The molecule has 1 amide bonds. The highest BCUT2D eigenvalue weighted by Crippen LogP contribution is 2.52. The Labute approximate surface area is 177 Å². The van der Waals surface area contributed by atoms with Gasteiger partial charge in [-0.15, -0.1) is 0 Å². The van der Waals surface area contributed by atoms with Gasteiger partial charge < -0.3 is 9.64 Å². The number of carbonyl (C=O) groups excluding carboxylic acids is 2. The summed E-state index contributed by atoms with van der Waals surface area (Å²) in [5.74, 6) is -0.232. The Hall–Kier alpha value is -3.06. The van der Waals surface area contributed by atoms with Gasteiger partial charge in [-0.3, -0.25) is 14.8 Å². The number of likely N-dealkylation sites (tertiary alicyclic amines) is 1. The normalized spacial score (nSPS) is 23.5. The largest absolute Gasteiger partial charge is 0.449 e. The molecule has 3 aliphatic rings. The Morgan fingerprint density at radius 2 is 2.03 bits per heavy atom. The quantitative estimate of drug-likeness (QED) is 0.610. The molecule has 1 saturated carbocycles. The number of hydrogen-bond acceptors (Lipinski definition) is 6. The first-order chi connectivity index (χ1) is 14.6. The Kier molecular flexibility index (Phi) is 3.68. The summed E-state index contributed by atoms with van der Waals surface area (Å²) in [5, 5.41) is 4.10. The maximum Gasteiger partial charge on any atom is 0.341 e. The third-order valence-corrected chi connectivity index (χ3v) is 7.31. The third-order valence-electron chi connectivity index (χ3n) is 6.63. The number of fused-ring (bicyclic) bond motifs is 2. The molecule has 7 heteroatoms. The van der Waals surface area contributed by atoms with Crippen LogP contribution in [-0.2, 0) is 20.5 Å². The summed E-state index contributed by atoms with van der Waals surface area (Å²) in [6, 6.07) is 7.92. The third kappa shape index (κ3) is 2.48. The molecule has 5 heterocycles. The van der Waals surface area contributed by atoms with Crippen molar-refractivity contribution in [2.24, 2.45) is 0 Å². The lowest BCUT2D eigenvalue weighted by atomic mass is 9.92. The first kappa shape index (κ1) is 17.8. The fourth-order valence-electron chi connectivity index (χ4n) is 4.81. The molecule has 30 heavy (non-hydrogen) atoms. The van der Waals surface area contributed by atoms with Crippen molar-refractivity contribution in [2.45, 2.75) is 30.3 Å². The number of hydrogen-bond donors (Lipinski definition) is 0. The molecule has 1 atom stereocenters. The number of thiophene rings is 1. The number of pyridine rings is 2. The molecule has 6 rings (SSSR count). The average Bonchev–Trinajstić information content (AvgIpc) is 3.13. The minimum Gasteiger partial charge on any atom is -0.449 e. The highest BCUT2D eigenvalue weighted by atomic mass is 32.1. The molecule has 0 N–H and O–H groups in total. The number of ether oxygens (including phenoxy) is 1. The number of aromatic nitrogens is 2. The zero-order chi connectivity index (χ0) is 20.3. The summed E-state index contributed by atoms with van der Waals surface area (Å²) in [7, 11) is 0. The van der Waals surface area contributed by atoms with E-state index in [0.29, 0.717) is 25.1 Å². The van der Waals surface area contributed by atoms with E-state index >= 15 is 0 Å². The van der Waals surface area contributed by atoms with Crippen molar-refractivity contribution in [2.75, 3.05) is 13.1 Å². The van der Waals surface area contributed by atoms with E-state index in [1.54, 1.807) is 23.7 Å². The molecule has 1 aliphatic carbocycles. The Morgan fingerprint density at radius 3 is 2.77 bits per heavy atom. The van der Waals surface area contributed by atoms with Crippen molar-refractivity contribution in [3.05, 3.63) is 70.3 Å². The van der Waals surface area contributed by atoms with E-state index in [2.05, 4.69) is 15.3 Å². The lowest BCUT2D eigenvalue weighted by Crippen LogP contribution is -2.40. The number of carbonyl (C=O) groups is 2. The van der Waals surface area contributed by atoms with Crippen LogP contribution in [0.1, 0.15) is 40.7 Å². The van der Waals surface area contributed by atoms with Crippen molar-refractivity contribution in [3.63, 3.8) is 0 Å². The first-order valence-corrected chi connectivity index (χ1v) is 11.0. The zero-order valence-corrected chi connectivity index (χ0v) is 17.0. The van der Waals surface area contributed by atoms with Gasteiger partial charge in [0.1, 0.15) is 0 Å². The van der Waals surface area contributed by atoms with Crippen molar-refractivity contribution in [3.8, 4) is 11.3 Å². The van der Waals surface area contributed by atoms with E-state index in [-0.39, 0.29) is 11.9 Å². The van der Waals surface area contributed by atoms with Gasteiger partial charge in [-0.1, -0.05) is 6.07 Å². The first-order valence-electron chi connectivity index (χ1n) is 10.1. The molecule has 1 spiro atoms. The second kappa shape index (κ2) is 6.22. The Bertz CT molecular complexity index is 1150. The van der Waals surface area contributed by atoms with Gasteiger partial charge in [0.05, 0.1) is 23.2 Å². The van der Waals surface area contributed by atoms with E-state index in [1.807, 2.05) is 40.7 Å². The number of amides is 1. The SMILES string of the molecule is O=C1O[C@]2(CCN(C(=O)C3(c4ccc(-c5ccsc5)nc4)CC3)C2)c2ccncc21. The highest BCUT2D eigenvalue weighted by molar-refractivity contribution is 7.08. The molecule has 0 radical (unpaired) electrons. The number of nitrogens with zero attached hydrogens (tertiary/aromatic N) is 3. The highest BCUT2D eigenvalue weighted by Gasteiger charge is 2.57. The summed E-state index contributed by atoms with van der Waals surface area (Å²) in [4.78, 5) is 36.3. The minimum atomic E-state index is -0.734. The molecule has 3 aromatic rings. The molecule has 0 bridgehead atoms. The predicted octanol–water partition coefficient (Wildman–Crippen LogP) is 3.53. The van der Waals surface area contributed by atoms with Crippen LogP contribution in [0, 0.1) is 0 Å². The molecule has 2 aliphatic heterocycles. The summed E-state index contributed by atoms with van der Waals surface area (Å²) in [6.07, 6.45) is 7.35. The van der Waals surface area contributed by atoms with Gasteiger partial charge in [-0.05, 0) is 42.0 Å². The van der Waals surface area contributed by atoms with Crippen LogP contribution in [0.2, 0.25) is 0 Å². The van der Waals surface area contributed by atoms with Crippen molar-refractivity contribution in [1.82, 2.24) is 14.9 Å². The summed E-state index contributed by atoms with van der Waals surface area (Å²) in [6.45, 7) is 0.979. The summed E-state index contributed by atoms with van der Waals surface area (Å²) < 4.78 is 5.77. The molecule has 2 fully saturated rings. The lowest BCUT2D eigenvalue weighted by molar-refractivity contribution is -0.134. The Balaban J connectivity index is 1.25. The lowest BCUT2D eigenvalue weighted by Gasteiger charge is -2.26. The molecular formula is C23H19N3O3S. The van der Waals surface area contributed by atoms with Gasteiger partial charge in [0.15, 0.2) is 5.60 Å². The van der Waals surface area contributed by atoms with Gasteiger partial charge >= 0.3 is 5.97 Å². The van der Waals surface area contributed by atoms with Crippen LogP contribution in [0.25, 0.3) is 11.3 Å². The van der Waals surface area contributed by atoms with Crippen molar-refractivity contribution >= 4 is 23.2 Å². The van der Waals surface area contributed by atoms with E-state index < -0.39 is 11.0 Å². The fraction of sp³-hybridized carbons (Fsp3) is 0.304. The molecule has 1 saturated heterocycles. The van der Waals surface area contributed by atoms with Gasteiger partial charge in [0.2, 0.25) is 5.91 Å². The van der Waals surface area contributed by atoms with Gasteiger partial charge in [0.25, 0.3) is 0 Å². The van der Waals surface area contributed by atoms with Gasteiger partial charge in [-0.2, -0.15) is 11.3 Å². The summed E-state index contributed by atoms with van der Waals surface area (Å²) >= 11 is 1.64. The number of rotatable bonds is 3. The van der Waals surface area contributed by atoms with E-state index in [0.717, 1.165) is 35.2 Å². The van der Waals surface area contributed by atoms with Crippen molar-refractivity contribution in [1.29, 1.82) is 0 Å². The molecule has 3 aromatic heterocycles. The smallest absolute Gasteiger partial charge is 0.341 e. The maximum atomic E-state index is 13.5. The zero-order valence-electron chi connectivity index (χ0n) is 16.2. The fourth-order valence-corrected chi connectivity index (χ4v) is 5.46. The van der Waals surface area contributed by atoms with Crippen LogP contribution in [0.15, 0.2) is 53.6 Å². The maximum absolute atomic E-state index is 13.5. The standard InChI is InChI=1S/C23H19N3O3S/c27-20-17-12-24-8-3-18(17)23(29-20)7-9-26(14-23)21(28)22(5-6-22)16-1-2-19(25-11-16)15-4-10-30-13-15/h1-4,8,10-13H,5-7,9,14H2/t23-/m0/s1. The van der Waals surface area contributed by atoms with Crippen LogP contribution in [0.5, 0.6) is 0 Å². The van der Waals surface area contributed by atoms with Crippen LogP contribution >= 0.6 is 11.3 Å². The molecule has 6 nitrogen and oxygen atoms in total. The van der Waals surface area contributed by atoms with Crippen LogP contribution in [0.4, 0.5) is 0 Å². The minimum absolute atomic E-state index is 0.114. The second-order valence-corrected chi connectivity index (χ2v) is 9.09. The molecular weight excluding hydrogens is 398 g/mol. The predicted molar refractivity (Wildman–Crippen MR) is 111 cm³/mol. The summed E-state index contributed by atoms with van der Waals surface area (Å²) in [5.41, 5.74) is 3.13. The number of esters is 1. The monoisotopic (exact) mass is 417 g/mol. The van der Waals surface area contributed by atoms with E-state index in [1.165, 1.54) is 0 Å². The van der Waals surface area contributed by atoms with E-state index in [4.69, 9.17) is 4.74 Å². The molecule has 0 aromatic carbocycles. The van der Waals surface area contributed by atoms with Crippen molar-refractivity contribution < 1.29 is 14.3 Å². The van der Waals surface area contributed by atoms with E-state index in [9.17, 15) is 9.59 Å². The average molecular weight is 417 g/mol. The van der Waals surface area contributed by atoms with Gasteiger partial charge in [-0.25, -0.2) is 4.79 Å². The van der Waals surface area contributed by atoms with Gasteiger partial charge in [0, 0.05) is 48.1 Å².